The molecule has 4 aromatic rings. The predicted octanol–water partition coefficient (Wildman–Crippen LogP) is 5.35. The normalized spacial score (nSPS) is 12.3. The van der Waals surface area contributed by atoms with Crippen LogP contribution in [-0.4, -0.2) is 20.4 Å². The van der Waals surface area contributed by atoms with Gasteiger partial charge in [0.25, 0.3) is 0 Å². The average molecular weight is 386 g/mol. The van der Waals surface area contributed by atoms with E-state index in [0.717, 1.165) is 12.1 Å². The minimum absolute atomic E-state index is 0.153. The van der Waals surface area contributed by atoms with Crippen molar-refractivity contribution in [3.8, 4) is 22.5 Å². The minimum Gasteiger partial charge on any atom is -0.276 e. The largest absolute Gasteiger partial charge is 0.357 e. The van der Waals surface area contributed by atoms with Crippen LogP contribution in [0.25, 0.3) is 22.5 Å². The number of hydrogen-bond acceptors (Lipinski definition) is 2. The first-order valence-corrected chi connectivity index (χ1v) is 8.38. The summed E-state index contributed by atoms with van der Waals surface area (Å²) in [4.78, 5) is 0. The third-order valence-electron chi connectivity index (χ3n) is 4.37. The molecule has 2 aromatic heterocycles. The van der Waals surface area contributed by atoms with Crippen LogP contribution < -0.4 is 0 Å². The van der Waals surface area contributed by atoms with Crippen LogP contribution in [0.15, 0.2) is 72.8 Å². The maximum absolute atomic E-state index is 14.7. The summed E-state index contributed by atoms with van der Waals surface area (Å²) in [6, 6.07) is 18.8. The highest BCUT2D eigenvalue weighted by Crippen LogP contribution is 2.49. The zero-order chi connectivity index (χ0) is 19.8. The number of nitrogens with one attached hydrogen (secondary N) is 2. The Morgan fingerprint density at radius 3 is 1.29 bits per heavy atom. The molecule has 2 heterocycles. The van der Waals surface area contributed by atoms with Crippen LogP contribution in [0.2, 0.25) is 0 Å². The van der Waals surface area contributed by atoms with Crippen LogP contribution >= 0.6 is 0 Å². The van der Waals surface area contributed by atoms with E-state index < -0.39 is 23.2 Å². The number of benzene rings is 2. The van der Waals surface area contributed by atoms with Gasteiger partial charge >= 0.3 is 11.8 Å². The molecule has 4 nitrogen and oxygen atoms in total. The maximum atomic E-state index is 14.7. The van der Waals surface area contributed by atoms with Gasteiger partial charge in [-0.3, -0.25) is 10.2 Å². The molecule has 0 unspecified atom stereocenters. The summed E-state index contributed by atoms with van der Waals surface area (Å²) in [7, 11) is 0. The molecule has 0 atom stereocenters. The Labute approximate surface area is 157 Å². The highest BCUT2D eigenvalue weighted by molar-refractivity contribution is 5.60. The zero-order valence-corrected chi connectivity index (χ0v) is 14.3. The summed E-state index contributed by atoms with van der Waals surface area (Å²) in [5.41, 5.74) is -0.574. The van der Waals surface area contributed by atoms with Crippen LogP contribution in [0.3, 0.4) is 0 Å². The van der Waals surface area contributed by atoms with E-state index in [1.54, 1.807) is 60.7 Å². The van der Waals surface area contributed by atoms with Gasteiger partial charge in [0.15, 0.2) is 0 Å². The highest BCUT2D eigenvalue weighted by atomic mass is 19.3. The summed E-state index contributed by atoms with van der Waals surface area (Å²) in [5.74, 6) is -9.04. The highest BCUT2D eigenvalue weighted by Gasteiger charge is 2.61. The van der Waals surface area contributed by atoms with Crippen LogP contribution in [0.1, 0.15) is 11.4 Å². The van der Waals surface area contributed by atoms with Crippen molar-refractivity contribution in [2.75, 3.05) is 0 Å². The van der Waals surface area contributed by atoms with Crippen molar-refractivity contribution in [1.29, 1.82) is 0 Å². The first-order valence-electron chi connectivity index (χ1n) is 8.38. The number of halogens is 4. The lowest BCUT2D eigenvalue weighted by atomic mass is 10.0. The van der Waals surface area contributed by atoms with Crippen LogP contribution in [-0.2, 0) is 11.8 Å². The second-order valence-electron chi connectivity index (χ2n) is 6.21. The molecule has 2 N–H and O–H groups in total. The van der Waals surface area contributed by atoms with Gasteiger partial charge in [0.1, 0.15) is 11.4 Å². The van der Waals surface area contributed by atoms with Crippen molar-refractivity contribution < 1.29 is 17.6 Å². The summed E-state index contributed by atoms with van der Waals surface area (Å²) in [6.45, 7) is 0. The molecule has 4 rings (SSSR count). The maximum Gasteiger partial charge on any atom is 0.357 e. The fourth-order valence-corrected chi connectivity index (χ4v) is 2.82. The van der Waals surface area contributed by atoms with Gasteiger partial charge in [-0.25, -0.2) is 0 Å². The monoisotopic (exact) mass is 386 g/mol. The lowest BCUT2D eigenvalue weighted by Crippen LogP contribution is -2.36. The Balaban J connectivity index is 1.67. The zero-order valence-electron chi connectivity index (χ0n) is 14.3. The SMILES string of the molecule is FC(F)(c1cc(-c2ccccc2)n[nH]1)C(F)(F)c1cc(-c2ccccc2)n[nH]1. The fourth-order valence-electron chi connectivity index (χ4n) is 2.82. The second-order valence-corrected chi connectivity index (χ2v) is 6.21. The summed E-state index contributed by atoms with van der Waals surface area (Å²) >= 11 is 0. The average Bonchev–Trinajstić information content (AvgIpc) is 3.40. The fraction of sp³-hybridized carbons (Fsp3) is 0.100. The first kappa shape index (κ1) is 18.0. The molecule has 0 aliphatic rings. The van der Waals surface area contributed by atoms with E-state index in [4.69, 9.17) is 0 Å². The molecular formula is C20H14F4N4. The molecule has 0 saturated carbocycles. The van der Waals surface area contributed by atoms with E-state index in [9.17, 15) is 17.6 Å². The molecule has 0 aliphatic carbocycles. The van der Waals surface area contributed by atoms with Crippen molar-refractivity contribution >= 4 is 0 Å². The van der Waals surface area contributed by atoms with E-state index in [2.05, 4.69) is 10.2 Å². The molecule has 0 amide bonds. The molecule has 0 spiro atoms. The van der Waals surface area contributed by atoms with Gasteiger partial charge < -0.3 is 0 Å². The third-order valence-corrected chi connectivity index (χ3v) is 4.37. The molecule has 0 saturated heterocycles. The molecule has 28 heavy (non-hydrogen) atoms. The van der Waals surface area contributed by atoms with Crippen LogP contribution in [0, 0.1) is 0 Å². The van der Waals surface area contributed by atoms with E-state index >= 15 is 0 Å². The van der Waals surface area contributed by atoms with Gasteiger partial charge in [0.05, 0.1) is 11.4 Å². The Morgan fingerprint density at radius 1 is 0.571 bits per heavy atom. The van der Waals surface area contributed by atoms with Gasteiger partial charge in [0.2, 0.25) is 0 Å². The molecule has 0 aliphatic heterocycles. The van der Waals surface area contributed by atoms with E-state index in [-0.39, 0.29) is 11.4 Å². The van der Waals surface area contributed by atoms with Crippen molar-refractivity contribution in [1.82, 2.24) is 20.4 Å². The van der Waals surface area contributed by atoms with Gasteiger partial charge in [0, 0.05) is 11.1 Å². The van der Waals surface area contributed by atoms with E-state index in [1.165, 1.54) is 0 Å². The molecule has 0 fully saturated rings. The molecule has 8 heteroatoms. The van der Waals surface area contributed by atoms with E-state index in [1.807, 2.05) is 10.2 Å². The summed E-state index contributed by atoms with van der Waals surface area (Å²) < 4.78 is 58.8. The number of hydrogen-bond donors (Lipinski definition) is 2. The van der Waals surface area contributed by atoms with Crippen molar-refractivity contribution in [2.45, 2.75) is 11.8 Å². The number of alkyl halides is 4. The lowest BCUT2D eigenvalue weighted by Gasteiger charge is -2.24. The smallest absolute Gasteiger partial charge is 0.276 e. The third kappa shape index (κ3) is 2.96. The van der Waals surface area contributed by atoms with Crippen molar-refractivity contribution in [3.05, 3.63) is 84.2 Å². The number of H-pyrrole nitrogens is 2. The van der Waals surface area contributed by atoms with Gasteiger partial charge in [-0.15, -0.1) is 0 Å². The quantitative estimate of drug-likeness (QED) is 0.454. The Bertz CT molecular complexity index is 984. The van der Waals surface area contributed by atoms with Gasteiger partial charge in [-0.2, -0.15) is 27.8 Å². The topological polar surface area (TPSA) is 57.4 Å². The lowest BCUT2D eigenvalue weighted by molar-refractivity contribution is -0.228. The second kappa shape index (κ2) is 6.63. The number of aromatic amines is 2. The van der Waals surface area contributed by atoms with E-state index in [0.29, 0.717) is 11.1 Å². The molecule has 142 valence electrons. The number of aromatic nitrogens is 4. The van der Waals surface area contributed by atoms with Gasteiger partial charge in [-0.1, -0.05) is 60.7 Å². The summed E-state index contributed by atoms with van der Waals surface area (Å²) in [5, 5.41) is 11.6. The molecule has 0 radical (unpaired) electrons. The molecule has 0 bridgehead atoms. The van der Waals surface area contributed by atoms with Crippen LogP contribution in [0.4, 0.5) is 17.6 Å². The standard InChI is InChI=1S/C20H14F4N4/c21-19(22,17-11-15(25-27-17)13-7-3-1-4-8-13)20(23,24)18-12-16(26-28-18)14-9-5-2-6-10-14/h1-12H,(H,25,27)(H,26,28). The van der Waals surface area contributed by atoms with Gasteiger partial charge in [-0.05, 0) is 12.1 Å². The Hall–Kier alpha value is -3.42. The molecule has 2 aromatic carbocycles. The summed E-state index contributed by atoms with van der Waals surface area (Å²) in [6.07, 6.45) is 0. The first-order chi connectivity index (χ1) is 13.4. The van der Waals surface area contributed by atoms with Crippen LogP contribution in [0.5, 0.6) is 0 Å². The number of rotatable bonds is 5. The van der Waals surface area contributed by atoms with Crippen molar-refractivity contribution in [3.63, 3.8) is 0 Å². The minimum atomic E-state index is -4.52. The number of nitrogens with zero attached hydrogens (tertiary/aromatic N) is 2. The van der Waals surface area contributed by atoms with Crippen molar-refractivity contribution in [2.24, 2.45) is 0 Å². The Kier molecular flexibility index (Phi) is 4.26. The Morgan fingerprint density at radius 2 is 0.929 bits per heavy atom. The predicted molar refractivity (Wildman–Crippen MR) is 95.8 cm³/mol. The molecular weight excluding hydrogens is 372 g/mol.